The first-order valence-corrected chi connectivity index (χ1v) is 5.60. The summed E-state index contributed by atoms with van der Waals surface area (Å²) < 4.78 is 19.9. The van der Waals surface area contributed by atoms with Gasteiger partial charge in [-0.3, -0.25) is 0 Å². The summed E-state index contributed by atoms with van der Waals surface area (Å²) in [6.07, 6.45) is 2.39. The average molecular weight is 231 g/mol. The molecule has 0 aliphatic carbocycles. The Kier molecular flexibility index (Phi) is 4.32. The molecule has 0 heterocycles. The van der Waals surface area contributed by atoms with Crippen molar-refractivity contribution in [1.82, 2.24) is 0 Å². The van der Waals surface area contributed by atoms with Crippen LogP contribution >= 0.6 is 11.6 Å². The van der Waals surface area contributed by atoms with Gasteiger partial charge in [-0.15, -0.1) is 0 Å². The van der Waals surface area contributed by atoms with Crippen LogP contribution in [0.15, 0.2) is 40.3 Å². The molecule has 0 aliphatic heterocycles. The summed E-state index contributed by atoms with van der Waals surface area (Å²) in [5.41, 5.74) is 0.827. The molecule has 0 bridgehead atoms. The Bertz CT molecular complexity index is 370. The molecule has 1 aromatic carbocycles. The Morgan fingerprint density at radius 2 is 2.21 bits per heavy atom. The number of rotatable bonds is 3. The van der Waals surface area contributed by atoms with E-state index < -0.39 is 11.1 Å². The topological polar surface area (TPSA) is 37.3 Å². The molecule has 0 saturated carbocycles. The number of halogens is 1. The van der Waals surface area contributed by atoms with Crippen LogP contribution in [0.4, 0.5) is 0 Å². The van der Waals surface area contributed by atoms with E-state index in [2.05, 4.69) is 0 Å². The zero-order valence-electron chi connectivity index (χ0n) is 7.74. The average Bonchev–Trinajstić information content (AvgIpc) is 2.15. The minimum absolute atomic E-state index is 0.446. The van der Waals surface area contributed by atoms with Gasteiger partial charge < -0.3 is 4.55 Å². The summed E-state index contributed by atoms with van der Waals surface area (Å²) in [6.45, 7) is 1.78. The number of benzene rings is 1. The molecule has 1 rings (SSSR count). The lowest BCUT2D eigenvalue weighted by atomic mass is 10.1. The molecule has 1 N–H and O–H groups in total. The second-order valence-corrected chi connectivity index (χ2v) is 4.39. The monoisotopic (exact) mass is 230 g/mol. The fraction of sp³-hybridized carbons (Fsp3) is 0.200. The summed E-state index contributed by atoms with van der Waals surface area (Å²) in [4.78, 5) is 0.446. The SMILES string of the molecule is CC(Cl)=CCc1ccccc1S(=O)O. The highest BCUT2D eigenvalue weighted by molar-refractivity contribution is 7.79. The van der Waals surface area contributed by atoms with Crippen molar-refractivity contribution in [3.63, 3.8) is 0 Å². The van der Waals surface area contributed by atoms with Crippen LogP contribution in [0.5, 0.6) is 0 Å². The van der Waals surface area contributed by atoms with Crippen molar-refractivity contribution in [3.05, 3.63) is 40.9 Å². The maximum atomic E-state index is 10.9. The van der Waals surface area contributed by atoms with Crippen LogP contribution in [-0.4, -0.2) is 8.76 Å². The molecule has 0 spiro atoms. The highest BCUT2D eigenvalue weighted by Gasteiger charge is 2.04. The van der Waals surface area contributed by atoms with Gasteiger partial charge in [-0.2, -0.15) is 0 Å². The van der Waals surface area contributed by atoms with Gasteiger partial charge in [0.25, 0.3) is 0 Å². The van der Waals surface area contributed by atoms with Crippen LogP contribution in [0.1, 0.15) is 12.5 Å². The fourth-order valence-corrected chi connectivity index (χ4v) is 1.74. The molecule has 0 radical (unpaired) electrons. The quantitative estimate of drug-likeness (QED) is 0.811. The third-order valence-corrected chi connectivity index (χ3v) is 2.69. The zero-order valence-corrected chi connectivity index (χ0v) is 9.31. The molecular formula is C10H11ClO2S. The molecule has 0 amide bonds. The normalized spacial score (nSPS) is 14.1. The molecule has 0 aromatic heterocycles. The highest BCUT2D eigenvalue weighted by Crippen LogP contribution is 2.14. The van der Waals surface area contributed by atoms with Crippen LogP contribution in [0, 0.1) is 0 Å². The summed E-state index contributed by atoms with van der Waals surface area (Å²) in [7, 11) is 0. The Balaban J connectivity index is 2.96. The van der Waals surface area contributed by atoms with Crippen molar-refractivity contribution in [3.8, 4) is 0 Å². The van der Waals surface area contributed by atoms with Gasteiger partial charge in [-0.05, 0) is 25.0 Å². The van der Waals surface area contributed by atoms with Crippen molar-refractivity contribution in [2.75, 3.05) is 0 Å². The van der Waals surface area contributed by atoms with Crippen LogP contribution in [0.25, 0.3) is 0 Å². The molecule has 1 unspecified atom stereocenters. The molecule has 1 atom stereocenters. The van der Waals surface area contributed by atoms with Crippen LogP contribution < -0.4 is 0 Å². The molecule has 2 nitrogen and oxygen atoms in total. The van der Waals surface area contributed by atoms with Gasteiger partial charge in [0.15, 0.2) is 11.1 Å². The molecular weight excluding hydrogens is 220 g/mol. The van der Waals surface area contributed by atoms with Gasteiger partial charge in [0.05, 0.1) is 4.90 Å². The summed E-state index contributed by atoms with van der Waals surface area (Å²) in [6, 6.07) is 7.04. The minimum atomic E-state index is -1.93. The summed E-state index contributed by atoms with van der Waals surface area (Å²) in [5, 5.41) is 0.684. The number of hydrogen-bond acceptors (Lipinski definition) is 1. The van der Waals surface area contributed by atoms with Gasteiger partial charge in [0.1, 0.15) is 0 Å². The van der Waals surface area contributed by atoms with E-state index in [0.717, 1.165) is 5.56 Å². The Labute approximate surface area is 90.9 Å². The lowest BCUT2D eigenvalue weighted by molar-refractivity contribution is 0.563. The van der Waals surface area contributed by atoms with Gasteiger partial charge in [0.2, 0.25) is 0 Å². The predicted molar refractivity (Wildman–Crippen MR) is 58.8 cm³/mol. The largest absolute Gasteiger partial charge is 0.302 e. The van der Waals surface area contributed by atoms with Crippen molar-refractivity contribution >= 4 is 22.7 Å². The predicted octanol–water partition coefficient (Wildman–Crippen LogP) is 2.95. The first kappa shape index (κ1) is 11.4. The second kappa shape index (κ2) is 5.29. The Hall–Kier alpha value is -0.640. The van der Waals surface area contributed by atoms with E-state index in [-0.39, 0.29) is 0 Å². The molecule has 14 heavy (non-hydrogen) atoms. The molecule has 1 aromatic rings. The lowest BCUT2D eigenvalue weighted by Crippen LogP contribution is -1.94. The zero-order chi connectivity index (χ0) is 10.6. The molecule has 4 heteroatoms. The number of hydrogen-bond donors (Lipinski definition) is 1. The van der Waals surface area contributed by atoms with E-state index in [1.807, 2.05) is 18.2 Å². The van der Waals surface area contributed by atoms with E-state index >= 15 is 0 Å². The third-order valence-electron chi connectivity index (χ3n) is 1.76. The number of allylic oxidation sites excluding steroid dienone is 2. The van der Waals surface area contributed by atoms with Crippen LogP contribution in [0.3, 0.4) is 0 Å². The maximum absolute atomic E-state index is 10.9. The second-order valence-electron chi connectivity index (χ2n) is 2.85. The van der Waals surface area contributed by atoms with Gasteiger partial charge >= 0.3 is 0 Å². The van der Waals surface area contributed by atoms with E-state index in [1.165, 1.54) is 0 Å². The smallest absolute Gasteiger partial charge is 0.186 e. The summed E-state index contributed by atoms with van der Waals surface area (Å²) in [5.74, 6) is 0. The Morgan fingerprint density at radius 1 is 1.57 bits per heavy atom. The lowest BCUT2D eigenvalue weighted by Gasteiger charge is -2.02. The van der Waals surface area contributed by atoms with E-state index in [1.54, 1.807) is 19.1 Å². The van der Waals surface area contributed by atoms with Crippen molar-refractivity contribution in [2.45, 2.75) is 18.2 Å². The van der Waals surface area contributed by atoms with E-state index in [4.69, 9.17) is 16.2 Å². The minimum Gasteiger partial charge on any atom is -0.302 e. The molecule has 0 aliphatic rings. The first-order valence-electron chi connectivity index (χ1n) is 4.12. The molecule has 0 fully saturated rings. The van der Waals surface area contributed by atoms with Crippen molar-refractivity contribution < 1.29 is 8.76 Å². The first-order chi connectivity index (χ1) is 6.61. The van der Waals surface area contributed by atoms with Gasteiger partial charge in [0, 0.05) is 5.03 Å². The standard InChI is InChI=1S/C10H11ClO2S/c1-8(11)6-7-9-4-2-3-5-10(9)14(12)13/h2-6H,7H2,1H3,(H,12,13). The fourth-order valence-electron chi connectivity index (χ4n) is 1.09. The summed E-state index contributed by atoms with van der Waals surface area (Å²) >= 11 is 3.75. The van der Waals surface area contributed by atoms with Crippen molar-refractivity contribution in [1.29, 1.82) is 0 Å². The molecule has 76 valence electrons. The maximum Gasteiger partial charge on any atom is 0.186 e. The Morgan fingerprint density at radius 3 is 2.79 bits per heavy atom. The van der Waals surface area contributed by atoms with Crippen LogP contribution in [-0.2, 0) is 17.5 Å². The van der Waals surface area contributed by atoms with Crippen molar-refractivity contribution in [2.24, 2.45) is 0 Å². The van der Waals surface area contributed by atoms with Gasteiger partial charge in [-0.25, -0.2) is 4.21 Å². The third kappa shape index (κ3) is 3.25. The van der Waals surface area contributed by atoms with Crippen LogP contribution in [0.2, 0.25) is 0 Å². The van der Waals surface area contributed by atoms with E-state index in [0.29, 0.717) is 16.3 Å². The molecule has 0 saturated heterocycles. The van der Waals surface area contributed by atoms with E-state index in [9.17, 15) is 4.21 Å². The van der Waals surface area contributed by atoms with Gasteiger partial charge in [-0.1, -0.05) is 35.9 Å². The highest BCUT2D eigenvalue weighted by atomic mass is 35.5.